The fraction of sp³-hybridized carbons (Fsp3) is 0.281. The summed E-state index contributed by atoms with van der Waals surface area (Å²) in [7, 11) is 3.91. The number of aromatic nitrogens is 1. The molecule has 0 aliphatic rings. The Bertz CT molecular complexity index is 1470. The average Bonchev–Trinajstić information content (AvgIpc) is 2.92. The summed E-state index contributed by atoms with van der Waals surface area (Å²) in [5.74, 6) is -0.392. The number of amides is 2. The van der Waals surface area contributed by atoms with Gasteiger partial charge in [0.2, 0.25) is 11.8 Å². The van der Waals surface area contributed by atoms with Crippen molar-refractivity contribution in [3.8, 4) is 17.0 Å². The molecular weight excluding hydrogens is 488 g/mol. The normalized spacial score (nSPS) is 12.3. The van der Waals surface area contributed by atoms with Gasteiger partial charge in [0, 0.05) is 22.2 Å². The number of fused-ring (bicyclic) bond motifs is 1. The molecule has 0 aliphatic carbocycles. The standard InChI is InChI=1S/C32H36N4O3/c1-4-5-14-25-20-23-13-9-10-15-26(23)32(35-25)39-19-18-36(2,3)29(31(34)38)27-17-16-24(30(33)37)21-28(27)22-11-7-6-8-12-22/h6-13,15-17,20-21,29H,4-5,14,18-19H2,1-3H3,(H3-,33,34,37,38)/p+1/t29-/m1/s1. The van der Waals surface area contributed by atoms with Crippen molar-refractivity contribution in [2.24, 2.45) is 11.5 Å². The summed E-state index contributed by atoms with van der Waals surface area (Å²) in [5, 5.41) is 2.06. The summed E-state index contributed by atoms with van der Waals surface area (Å²) in [6.07, 6.45) is 3.05. The van der Waals surface area contributed by atoms with Crippen LogP contribution in [0.4, 0.5) is 0 Å². The maximum Gasteiger partial charge on any atom is 0.280 e. The Morgan fingerprint density at radius 3 is 2.36 bits per heavy atom. The van der Waals surface area contributed by atoms with Crippen molar-refractivity contribution in [2.75, 3.05) is 27.2 Å². The highest BCUT2D eigenvalue weighted by Crippen LogP contribution is 2.35. The first kappa shape index (κ1) is 27.8. The van der Waals surface area contributed by atoms with Crippen LogP contribution in [0.25, 0.3) is 21.9 Å². The topological polar surface area (TPSA) is 108 Å². The van der Waals surface area contributed by atoms with Crippen LogP contribution in [0, 0.1) is 0 Å². The van der Waals surface area contributed by atoms with E-state index in [9.17, 15) is 9.59 Å². The first-order chi connectivity index (χ1) is 18.7. The van der Waals surface area contributed by atoms with Crippen LogP contribution in [0.3, 0.4) is 0 Å². The molecule has 4 aromatic rings. The molecule has 0 fully saturated rings. The Labute approximate surface area is 230 Å². The third-order valence-corrected chi connectivity index (χ3v) is 7.14. The van der Waals surface area contributed by atoms with Gasteiger partial charge in [0.1, 0.15) is 13.2 Å². The SMILES string of the molecule is CCCCc1cc2ccccc2c(OCC[N+](C)(C)[C@@H](C(N)=O)c2ccc(C(N)=O)cc2-c2ccccc2)n1. The number of carbonyl (C=O) groups excluding carboxylic acids is 2. The van der Waals surface area contributed by atoms with Crippen molar-refractivity contribution in [2.45, 2.75) is 32.2 Å². The van der Waals surface area contributed by atoms with Gasteiger partial charge >= 0.3 is 0 Å². The molecule has 0 saturated carbocycles. The van der Waals surface area contributed by atoms with Gasteiger partial charge in [-0.05, 0) is 53.6 Å². The van der Waals surface area contributed by atoms with Gasteiger partial charge in [0.15, 0.2) is 6.04 Å². The average molecular weight is 526 g/mol. The fourth-order valence-electron chi connectivity index (χ4n) is 5.01. The number of likely N-dealkylation sites (N-methyl/N-ethyl adjacent to an activating group) is 1. The summed E-state index contributed by atoms with van der Waals surface area (Å²) in [5.41, 5.74) is 15.3. The van der Waals surface area contributed by atoms with Crippen LogP contribution in [-0.2, 0) is 11.2 Å². The van der Waals surface area contributed by atoms with E-state index in [1.165, 1.54) is 0 Å². The number of benzene rings is 3. The van der Waals surface area contributed by atoms with Crippen molar-refractivity contribution in [3.63, 3.8) is 0 Å². The maximum atomic E-state index is 13.0. The van der Waals surface area contributed by atoms with Crippen molar-refractivity contribution >= 4 is 22.6 Å². The van der Waals surface area contributed by atoms with E-state index in [1.807, 2.05) is 62.6 Å². The van der Waals surface area contributed by atoms with E-state index in [4.69, 9.17) is 21.2 Å². The van der Waals surface area contributed by atoms with Crippen LogP contribution in [-0.4, -0.2) is 48.5 Å². The summed E-state index contributed by atoms with van der Waals surface area (Å²) < 4.78 is 6.52. The second kappa shape index (κ2) is 12.1. The molecular formula is C32H37N4O3+. The number of pyridine rings is 1. The fourth-order valence-corrected chi connectivity index (χ4v) is 5.01. The molecule has 0 saturated heterocycles. The van der Waals surface area contributed by atoms with Gasteiger partial charge in [-0.25, -0.2) is 4.98 Å². The van der Waals surface area contributed by atoms with E-state index in [-0.39, 0.29) is 4.48 Å². The number of primary amides is 2. The second-order valence-electron chi connectivity index (χ2n) is 10.4. The molecule has 1 aromatic heterocycles. The van der Waals surface area contributed by atoms with Gasteiger partial charge in [-0.2, -0.15) is 0 Å². The number of nitrogens with two attached hydrogens (primary N) is 2. The van der Waals surface area contributed by atoms with E-state index >= 15 is 0 Å². The monoisotopic (exact) mass is 525 g/mol. The molecule has 7 nitrogen and oxygen atoms in total. The molecule has 4 N–H and O–H groups in total. The molecule has 0 spiro atoms. The van der Waals surface area contributed by atoms with Gasteiger partial charge < -0.3 is 20.7 Å². The van der Waals surface area contributed by atoms with Crippen molar-refractivity contribution < 1.29 is 18.8 Å². The van der Waals surface area contributed by atoms with Gasteiger partial charge in [-0.3, -0.25) is 9.59 Å². The molecule has 7 heteroatoms. The number of hydrogen-bond acceptors (Lipinski definition) is 4. The minimum absolute atomic E-state index is 0.249. The highest BCUT2D eigenvalue weighted by molar-refractivity contribution is 5.95. The lowest BCUT2D eigenvalue weighted by atomic mass is 9.91. The Morgan fingerprint density at radius 2 is 1.67 bits per heavy atom. The number of ether oxygens (including phenoxy) is 1. The lowest BCUT2D eigenvalue weighted by Crippen LogP contribution is -2.51. The minimum Gasteiger partial charge on any atom is -0.471 e. The minimum atomic E-state index is -0.689. The first-order valence-electron chi connectivity index (χ1n) is 13.3. The molecule has 2 amide bonds. The van der Waals surface area contributed by atoms with Crippen LogP contribution in [0.5, 0.6) is 5.88 Å². The summed E-state index contributed by atoms with van der Waals surface area (Å²) in [4.78, 5) is 29.7. The molecule has 1 atom stereocenters. The van der Waals surface area contributed by atoms with E-state index in [2.05, 4.69) is 19.1 Å². The van der Waals surface area contributed by atoms with Gasteiger partial charge in [-0.15, -0.1) is 0 Å². The zero-order valence-electron chi connectivity index (χ0n) is 22.9. The number of nitrogens with zero attached hydrogens (tertiary/aromatic N) is 2. The van der Waals surface area contributed by atoms with Crippen LogP contribution in [0.15, 0.2) is 78.9 Å². The zero-order chi connectivity index (χ0) is 28.0. The van der Waals surface area contributed by atoms with E-state index in [1.54, 1.807) is 18.2 Å². The highest BCUT2D eigenvalue weighted by atomic mass is 16.5. The third kappa shape index (κ3) is 6.44. The molecule has 0 radical (unpaired) electrons. The predicted octanol–water partition coefficient (Wildman–Crippen LogP) is 5.03. The third-order valence-electron chi connectivity index (χ3n) is 7.14. The molecule has 0 bridgehead atoms. The molecule has 202 valence electrons. The molecule has 1 heterocycles. The molecule has 0 unspecified atom stereocenters. The van der Waals surface area contributed by atoms with Crippen LogP contribution in [0.1, 0.15) is 47.4 Å². The van der Waals surface area contributed by atoms with Gasteiger partial charge in [0.25, 0.3) is 5.91 Å². The Hall–Kier alpha value is -4.23. The largest absolute Gasteiger partial charge is 0.471 e. The van der Waals surface area contributed by atoms with Crippen molar-refractivity contribution in [1.82, 2.24) is 4.98 Å². The second-order valence-corrected chi connectivity index (χ2v) is 10.4. The zero-order valence-corrected chi connectivity index (χ0v) is 22.9. The molecule has 39 heavy (non-hydrogen) atoms. The lowest BCUT2D eigenvalue weighted by Gasteiger charge is -2.37. The van der Waals surface area contributed by atoms with Crippen LogP contribution >= 0.6 is 0 Å². The predicted molar refractivity (Wildman–Crippen MR) is 155 cm³/mol. The molecule has 4 rings (SSSR count). The van der Waals surface area contributed by atoms with Crippen LogP contribution < -0.4 is 16.2 Å². The maximum absolute atomic E-state index is 13.0. The smallest absolute Gasteiger partial charge is 0.280 e. The number of quaternary nitrogens is 1. The van der Waals surface area contributed by atoms with E-state index in [0.717, 1.165) is 52.4 Å². The molecule has 0 aliphatic heterocycles. The number of carbonyl (C=O) groups is 2. The highest BCUT2D eigenvalue weighted by Gasteiger charge is 2.37. The van der Waals surface area contributed by atoms with Gasteiger partial charge in [0.05, 0.1) is 14.1 Å². The Morgan fingerprint density at radius 1 is 0.949 bits per heavy atom. The lowest BCUT2D eigenvalue weighted by molar-refractivity contribution is -0.911. The Kier molecular flexibility index (Phi) is 8.62. The summed E-state index contributed by atoms with van der Waals surface area (Å²) in [6.45, 7) is 3.00. The first-order valence-corrected chi connectivity index (χ1v) is 13.3. The summed E-state index contributed by atoms with van der Waals surface area (Å²) in [6, 6.07) is 24.3. The van der Waals surface area contributed by atoms with E-state index in [0.29, 0.717) is 24.6 Å². The van der Waals surface area contributed by atoms with Crippen LogP contribution in [0.2, 0.25) is 0 Å². The van der Waals surface area contributed by atoms with Gasteiger partial charge in [-0.1, -0.05) is 67.9 Å². The number of rotatable bonds is 12. The molecule has 3 aromatic carbocycles. The Balaban J connectivity index is 1.63. The van der Waals surface area contributed by atoms with Crippen molar-refractivity contribution in [3.05, 3.63) is 95.7 Å². The number of unbranched alkanes of at least 4 members (excludes halogenated alkanes) is 1. The number of hydrogen-bond donors (Lipinski definition) is 2. The summed E-state index contributed by atoms with van der Waals surface area (Å²) >= 11 is 0. The number of aryl methyl sites for hydroxylation is 1. The quantitative estimate of drug-likeness (QED) is 0.253. The van der Waals surface area contributed by atoms with Crippen molar-refractivity contribution in [1.29, 1.82) is 0 Å². The van der Waals surface area contributed by atoms with E-state index < -0.39 is 17.9 Å².